The zero-order valence-electron chi connectivity index (χ0n) is 28.3. The second-order valence-corrected chi connectivity index (χ2v) is 13.3. The first-order valence-corrected chi connectivity index (χ1v) is 18.0. The van der Waals surface area contributed by atoms with Gasteiger partial charge in [-0.3, -0.25) is 4.79 Å². The van der Waals surface area contributed by atoms with Crippen molar-refractivity contribution in [3.8, 4) is 11.5 Å². The monoisotopic (exact) mass is 697 g/mol. The third-order valence-corrected chi connectivity index (χ3v) is 9.01. The average Bonchev–Trinajstić information content (AvgIpc) is 3.11. The fourth-order valence-electron chi connectivity index (χ4n) is 4.64. The number of methoxy groups -OCH3 is 1. The molecule has 0 fully saturated rings. The third-order valence-electron chi connectivity index (χ3n) is 7.72. The Morgan fingerprint density at radius 2 is 1.39 bits per heavy atom. The largest absolute Gasteiger partial charge is 0.497 e. The summed E-state index contributed by atoms with van der Waals surface area (Å²) in [5.41, 5.74) is 1.53. The standard InChI is InChI=1S/C36H47N3O9S/c1-4-28(2)34(37-35(41)47-24-29-14-8-5-9-15-29)27-49(43,44)38-39(36(42)48-25-30-16-10-6-11-17-30)23-13-7-12-18-31(40)26-46-33-21-19-32(45-3)20-22-33/h5-6,8-11,14-17,19-22,28,34,38H,4,7,12-13,18,23-27H2,1-3H3,(H,37,41)/t28?,34-/m1/s1. The molecule has 0 spiro atoms. The summed E-state index contributed by atoms with van der Waals surface area (Å²) < 4.78 is 48.2. The van der Waals surface area contributed by atoms with E-state index in [9.17, 15) is 22.8 Å². The van der Waals surface area contributed by atoms with Crippen LogP contribution in [0.5, 0.6) is 11.5 Å². The first-order chi connectivity index (χ1) is 23.6. The Balaban J connectivity index is 1.55. The fraction of sp³-hybridized carbons (Fsp3) is 0.417. The predicted octanol–water partition coefficient (Wildman–Crippen LogP) is 6.02. The van der Waals surface area contributed by atoms with E-state index in [1.165, 1.54) is 0 Å². The van der Waals surface area contributed by atoms with Crippen molar-refractivity contribution in [1.82, 2.24) is 15.2 Å². The molecule has 0 bridgehead atoms. The van der Waals surface area contributed by atoms with Crippen molar-refractivity contribution in [2.45, 2.75) is 65.2 Å². The van der Waals surface area contributed by atoms with Crippen LogP contribution < -0.4 is 19.6 Å². The number of unbranched alkanes of at least 4 members (excludes halogenated alkanes) is 2. The number of benzene rings is 3. The van der Waals surface area contributed by atoms with Crippen LogP contribution in [-0.2, 0) is 37.5 Å². The van der Waals surface area contributed by atoms with Crippen LogP contribution in [0.1, 0.15) is 57.1 Å². The molecule has 3 rings (SSSR count). The molecular weight excluding hydrogens is 650 g/mol. The third kappa shape index (κ3) is 15.0. The van der Waals surface area contributed by atoms with Crippen molar-refractivity contribution in [2.24, 2.45) is 5.92 Å². The topological polar surface area (TPSA) is 150 Å². The lowest BCUT2D eigenvalue weighted by Crippen LogP contribution is -2.52. The van der Waals surface area contributed by atoms with E-state index in [4.69, 9.17) is 18.9 Å². The lowest BCUT2D eigenvalue weighted by atomic mass is 10.0. The van der Waals surface area contributed by atoms with Crippen molar-refractivity contribution >= 4 is 28.0 Å². The molecule has 2 amide bonds. The highest BCUT2D eigenvalue weighted by atomic mass is 32.2. The first-order valence-electron chi connectivity index (χ1n) is 16.3. The summed E-state index contributed by atoms with van der Waals surface area (Å²) in [6.07, 6.45) is 0.709. The number of ether oxygens (including phenoxy) is 4. The minimum absolute atomic E-state index is 0.00390. The van der Waals surface area contributed by atoms with E-state index >= 15 is 0 Å². The van der Waals surface area contributed by atoms with Crippen LogP contribution in [0.3, 0.4) is 0 Å². The van der Waals surface area contributed by atoms with Crippen molar-refractivity contribution in [2.75, 3.05) is 26.0 Å². The van der Waals surface area contributed by atoms with E-state index in [-0.39, 0.29) is 44.5 Å². The predicted molar refractivity (Wildman–Crippen MR) is 185 cm³/mol. The van der Waals surface area contributed by atoms with E-state index in [2.05, 4.69) is 10.1 Å². The van der Waals surface area contributed by atoms with Gasteiger partial charge in [-0.1, -0.05) is 87.4 Å². The molecule has 1 unspecified atom stereocenters. The molecule has 0 aliphatic heterocycles. The molecule has 0 saturated heterocycles. The van der Waals surface area contributed by atoms with Gasteiger partial charge >= 0.3 is 12.2 Å². The molecule has 0 aliphatic carbocycles. The molecule has 2 atom stereocenters. The summed E-state index contributed by atoms with van der Waals surface area (Å²) in [5, 5.41) is 3.60. The van der Waals surface area contributed by atoms with Crippen LogP contribution in [0.4, 0.5) is 9.59 Å². The number of Topliss-reactive ketones (excluding diaryl/α,β-unsaturated/α-hetero) is 1. The van der Waals surface area contributed by atoms with Gasteiger partial charge in [-0.05, 0) is 54.2 Å². The number of hydrogen-bond donors (Lipinski definition) is 2. The highest BCUT2D eigenvalue weighted by molar-refractivity contribution is 7.89. The molecule has 0 aromatic heterocycles. The highest BCUT2D eigenvalue weighted by Gasteiger charge is 2.29. The number of amides is 2. The molecule has 266 valence electrons. The molecule has 13 heteroatoms. The van der Waals surface area contributed by atoms with Crippen LogP contribution >= 0.6 is 0 Å². The number of ketones is 1. The Labute approximate surface area is 289 Å². The van der Waals surface area contributed by atoms with Crippen molar-refractivity contribution < 1.29 is 41.7 Å². The summed E-state index contributed by atoms with van der Waals surface area (Å²) in [7, 11) is -2.58. The highest BCUT2D eigenvalue weighted by Crippen LogP contribution is 2.17. The van der Waals surface area contributed by atoms with E-state index in [0.29, 0.717) is 37.2 Å². The molecule has 0 aliphatic rings. The fourth-order valence-corrected chi connectivity index (χ4v) is 6.10. The minimum Gasteiger partial charge on any atom is -0.497 e. The maximum absolute atomic E-state index is 13.4. The molecule has 3 aromatic carbocycles. The number of nitrogens with one attached hydrogen (secondary N) is 2. The molecule has 2 N–H and O–H groups in total. The number of rotatable bonds is 21. The number of nitrogens with zero attached hydrogens (tertiary/aromatic N) is 1. The Kier molecular flexibility index (Phi) is 16.4. The lowest BCUT2D eigenvalue weighted by molar-refractivity contribution is -0.121. The van der Waals surface area contributed by atoms with E-state index in [0.717, 1.165) is 16.1 Å². The summed E-state index contributed by atoms with van der Waals surface area (Å²) in [4.78, 5) is 40.4. The van der Waals surface area contributed by atoms with Gasteiger partial charge in [-0.15, -0.1) is 4.83 Å². The maximum Gasteiger partial charge on any atom is 0.425 e. The normalized spacial score (nSPS) is 12.3. The minimum atomic E-state index is -4.14. The summed E-state index contributed by atoms with van der Waals surface area (Å²) in [6.45, 7) is 3.63. The van der Waals surface area contributed by atoms with Gasteiger partial charge < -0.3 is 24.3 Å². The average molecular weight is 698 g/mol. The quantitative estimate of drug-likeness (QED) is 0.101. The molecule has 49 heavy (non-hydrogen) atoms. The number of alkyl carbamates (subject to hydrolysis) is 1. The van der Waals surface area contributed by atoms with Crippen LogP contribution in [0.15, 0.2) is 84.9 Å². The van der Waals surface area contributed by atoms with Gasteiger partial charge in [-0.2, -0.15) is 0 Å². The van der Waals surface area contributed by atoms with Crippen LogP contribution in [0.2, 0.25) is 0 Å². The SMILES string of the molecule is CCC(C)[C@@H](CS(=O)(=O)NN(CCCCCC(=O)COc1ccc(OC)cc1)C(=O)OCc1ccccc1)NC(=O)OCc1ccccc1. The summed E-state index contributed by atoms with van der Waals surface area (Å²) in [6, 6.07) is 24.3. The molecule has 3 aromatic rings. The molecule has 0 heterocycles. The van der Waals surface area contributed by atoms with E-state index < -0.39 is 34.0 Å². The van der Waals surface area contributed by atoms with Crippen molar-refractivity contribution in [1.29, 1.82) is 0 Å². The first kappa shape index (κ1) is 38.8. The Morgan fingerprint density at radius 1 is 0.796 bits per heavy atom. The van der Waals surface area contributed by atoms with Crippen LogP contribution in [-0.4, -0.2) is 63.5 Å². The number of hydrogen-bond acceptors (Lipinski definition) is 9. The number of carbonyl (C=O) groups excluding carboxylic acids is 3. The Morgan fingerprint density at radius 3 is 1.98 bits per heavy atom. The van der Waals surface area contributed by atoms with E-state index in [1.807, 2.05) is 50.2 Å². The second-order valence-electron chi connectivity index (χ2n) is 11.6. The van der Waals surface area contributed by atoms with Crippen molar-refractivity contribution in [3.05, 3.63) is 96.1 Å². The Bertz CT molecular complexity index is 1540. The Hall–Kier alpha value is -4.62. The lowest BCUT2D eigenvalue weighted by Gasteiger charge is -2.27. The smallest absolute Gasteiger partial charge is 0.425 e. The summed E-state index contributed by atoms with van der Waals surface area (Å²) >= 11 is 0. The maximum atomic E-state index is 13.4. The van der Waals surface area contributed by atoms with Gasteiger partial charge in [0.2, 0.25) is 10.0 Å². The number of sulfonamides is 1. The van der Waals surface area contributed by atoms with E-state index in [1.54, 1.807) is 55.6 Å². The molecule has 0 radical (unpaired) electrons. The molecule has 0 saturated carbocycles. The molecule has 12 nitrogen and oxygen atoms in total. The molecular formula is C36H47N3O9S. The van der Waals surface area contributed by atoms with Gasteiger partial charge in [-0.25, -0.2) is 23.0 Å². The second kappa shape index (κ2) is 20.7. The van der Waals surface area contributed by atoms with Gasteiger partial charge in [0.05, 0.1) is 18.9 Å². The van der Waals surface area contributed by atoms with Gasteiger partial charge in [0, 0.05) is 13.0 Å². The van der Waals surface area contributed by atoms with Crippen LogP contribution in [0.25, 0.3) is 0 Å². The number of carbonyl (C=O) groups is 3. The van der Waals surface area contributed by atoms with Gasteiger partial charge in [0.15, 0.2) is 5.78 Å². The summed E-state index contributed by atoms with van der Waals surface area (Å²) in [5.74, 6) is 0.450. The zero-order valence-corrected chi connectivity index (χ0v) is 29.2. The van der Waals surface area contributed by atoms with Crippen molar-refractivity contribution in [3.63, 3.8) is 0 Å². The van der Waals surface area contributed by atoms with Gasteiger partial charge in [0.1, 0.15) is 31.3 Å². The number of hydrazine groups is 1. The van der Waals surface area contributed by atoms with Crippen LogP contribution in [0, 0.1) is 5.92 Å². The van der Waals surface area contributed by atoms with Gasteiger partial charge in [0.25, 0.3) is 0 Å². The zero-order chi connectivity index (χ0) is 35.5.